The van der Waals surface area contributed by atoms with Crippen LogP contribution in [0.1, 0.15) is 37.8 Å². The van der Waals surface area contributed by atoms with E-state index < -0.39 is 0 Å². The van der Waals surface area contributed by atoms with E-state index in [-0.39, 0.29) is 0 Å². The van der Waals surface area contributed by atoms with E-state index in [1.807, 2.05) is 13.0 Å². The van der Waals surface area contributed by atoms with Crippen LogP contribution in [0.15, 0.2) is 12.1 Å². The zero-order valence-electron chi connectivity index (χ0n) is 13.4. The number of rotatable bonds is 6. The fourth-order valence-electron chi connectivity index (χ4n) is 2.82. The summed E-state index contributed by atoms with van der Waals surface area (Å²) >= 11 is 6.31. The molecule has 1 aliphatic rings. The lowest BCUT2D eigenvalue weighted by atomic mass is 9.97. The molecule has 1 heterocycles. The Kier molecular flexibility index (Phi) is 6.34. The standard InChI is InChI=1S/C17H27ClN2O/c1-4-21-17-14(5-8-20-9-6-19-7-10-20)11-15(18)12-16(17)13(2)3/h11-13,19H,4-10H2,1-3H3. The first-order valence-electron chi connectivity index (χ1n) is 8.00. The molecule has 0 aromatic heterocycles. The molecule has 4 heteroatoms. The first kappa shape index (κ1) is 16.6. The molecule has 2 rings (SSSR count). The summed E-state index contributed by atoms with van der Waals surface area (Å²) in [5.74, 6) is 1.47. The van der Waals surface area contributed by atoms with Gasteiger partial charge in [-0.05, 0) is 42.5 Å². The number of nitrogens with one attached hydrogen (secondary N) is 1. The summed E-state index contributed by atoms with van der Waals surface area (Å²) in [6.07, 6.45) is 0.996. The molecule has 21 heavy (non-hydrogen) atoms. The third-order valence-corrected chi connectivity index (χ3v) is 4.20. The maximum atomic E-state index is 6.31. The van der Waals surface area contributed by atoms with Gasteiger partial charge in [0.2, 0.25) is 0 Å². The van der Waals surface area contributed by atoms with Crippen molar-refractivity contribution in [2.45, 2.75) is 33.1 Å². The average Bonchev–Trinajstić information content (AvgIpc) is 2.48. The molecule has 0 aliphatic carbocycles. The molecule has 1 aromatic rings. The summed E-state index contributed by atoms with van der Waals surface area (Å²) in [6.45, 7) is 12.6. The number of halogens is 1. The van der Waals surface area contributed by atoms with Gasteiger partial charge in [-0.1, -0.05) is 25.4 Å². The quantitative estimate of drug-likeness (QED) is 0.872. The van der Waals surface area contributed by atoms with Crippen molar-refractivity contribution < 1.29 is 4.74 Å². The number of nitrogens with zero attached hydrogens (tertiary/aromatic N) is 1. The van der Waals surface area contributed by atoms with Gasteiger partial charge in [-0.3, -0.25) is 0 Å². The molecular weight excluding hydrogens is 284 g/mol. The molecule has 1 aliphatic heterocycles. The molecule has 0 saturated carbocycles. The molecule has 0 unspecified atom stereocenters. The van der Waals surface area contributed by atoms with E-state index >= 15 is 0 Å². The molecule has 0 radical (unpaired) electrons. The molecule has 1 saturated heterocycles. The van der Waals surface area contributed by atoms with Crippen LogP contribution in [-0.2, 0) is 6.42 Å². The Morgan fingerprint density at radius 2 is 2.00 bits per heavy atom. The highest BCUT2D eigenvalue weighted by atomic mass is 35.5. The van der Waals surface area contributed by atoms with E-state index in [1.165, 1.54) is 11.1 Å². The summed E-state index contributed by atoms with van der Waals surface area (Å²) in [7, 11) is 0. The predicted octanol–water partition coefficient (Wildman–Crippen LogP) is 3.31. The Bertz CT molecular complexity index is 456. The largest absolute Gasteiger partial charge is 0.493 e. The molecule has 0 bridgehead atoms. The first-order chi connectivity index (χ1) is 10.1. The van der Waals surface area contributed by atoms with Crippen LogP contribution in [0.3, 0.4) is 0 Å². The van der Waals surface area contributed by atoms with Gasteiger partial charge in [0.1, 0.15) is 5.75 Å². The Labute approximate surface area is 133 Å². The number of benzene rings is 1. The van der Waals surface area contributed by atoms with Gasteiger partial charge in [-0.15, -0.1) is 0 Å². The highest BCUT2D eigenvalue weighted by molar-refractivity contribution is 6.30. The Hall–Kier alpha value is -0.770. The SMILES string of the molecule is CCOc1c(CCN2CCNCC2)cc(Cl)cc1C(C)C. The second-order valence-electron chi connectivity index (χ2n) is 5.91. The minimum Gasteiger partial charge on any atom is -0.493 e. The molecule has 1 aromatic carbocycles. The van der Waals surface area contributed by atoms with E-state index in [9.17, 15) is 0 Å². The van der Waals surface area contributed by atoms with Crippen molar-refractivity contribution in [3.63, 3.8) is 0 Å². The topological polar surface area (TPSA) is 24.5 Å². The van der Waals surface area contributed by atoms with E-state index in [1.54, 1.807) is 0 Å². The van der Waals surface area contributed by atoms with Crippen molar-refractivity contribution in [3.8, 4) is 5.75 Å². The summed E-state index contributed by atoms with van der Waals surface area (Å²) in [4.78, 5) is 2.50. The van der Waals surface area contributed by atoms with Crippen LogP contribution in [0.25, 0.3) is 0 Å². The van der Waals surface area contributed by atoms with Crippen molar-refractivity contribution >= 4 is 11.6 Å². The van der Waals surface area contributed by atoms with Crippen LogP contribution in [0, 0.1) is 0 Å². The smallest absolute Gasteiger partial charge is 0.126 e. The van der Waals surface area contributed by atoms with Gasteiger partial charge in [0.05, 0.1) is 6.61 Å². The van der Waals surface area contributed by atoms with E-state index in [0.29, 0.717) is 12.5 Å². The molecule has 0 spiro atoms. The molecule has 118 valence electrons. The van der Waals surface area contributed by atoms with E-state index in [0.717, 1.165) is 49.9 Å². The Balaban J connectivity index is 2.15. The number of hydrogen-bond donors (Lipinski definition) is 1. The van der Waals surface area contributed by atoms with Gasteiger partial charge in [-0.25, -0.2) is 0 Å². The lowest BCUT2D eigenvalue weighted by molar-refractivity contribution is 0.242. The van der Waals surface area contributed by atoms with Crippen molar-refractivity contribution in [1.82, 2.24) is 10.2 Å². The van der Waals surface area contributed by atoms with Gasteiger partial charge in [-0.2, -0.15) is 0 Å². The predicted molar refractivity (Wildman–Crippen MR) is 89.7 cm³/mol. The number of hydrogen-bond acceptors (Lipinski definition) is 3. The lowest BCUT2D eigenvalue weighted by Crippen LogP contribution is -2.44. The summed E-state index contributed by atoms with van der Waals surface area (Å²) in [6, 6.07) is 4.12. The first-order valence-corrected chi connectivity index (χ1v) is 8.37. The Morgan fingerprint density at radius 1 is 1.29 bits per heavy atom. The Morgan fingerprint density at radius 3 is 2.62 bits per heavy atom. The van der Waals surface area contributed by atoms with Crippen LogP contribution in [0.5, 0.6) is 5.75 Å². The van der Waals surface area contributed by atoms with Crippen LogP contribution >= 0.6 is 11.6 Å². The molecule has 3 nitrogen and oxygen atoms in total. The van der Waals surface area contributed by atoms with Crippen LogP contribution < -0.4 is 10.1 Å². The normalized spacial score (nSPS) is 16.4. The van der Waals surface area contributed by atoms with Gasteiger partial charge in [0, 0.05) is 37.7 Å². The molecule has 1 N–H and O–H groups in total. The van der Waals surface area contributed by atoms with Crippen molar-refractivity contribution in [3.05, 3.63) is 28.3 Å². The van der Waals surface area contributed by atoms with Crippen LogP contribution in [0.4, 0.5) is 0 Å². The van der Waals surface area contributed by atoms with Crippen molar-refractivity contribution in [1.29, 1.82) is 0 Å². The molecule has 1 fully saturated rings. The van der Waals surface area contributed by atoms with Gasteiger partial charge < -0.3 is 15.0 Å². The second-order valence-corrected chi connectivity index (χ2v) is 6.35. The maximum absolute atomic E-state index is 6.31. The summed E-state index contributed by atoms with van der Waals surface area (Å²) < 4.78 is 5.93. The molecule has 0 amide bonds. The number of ether oxygens (including phenoxy) is 1. The third kappa shape index (κ3) is 4.60. The van der Waals surface area contributed by atoms with Gasteiger partial charge >= 0.3 is 0 Å². The lowest BCUT2D eigenvalue weighted by Gasteiger charge is -2.27. The van der Waals surface area contributed by atoms with Gasteiger partial charge in [0.25, 0.3) is 0 Å². The minimum atomic E-state index is 0.420. The van der Waals surface area contributed by atoms with Crippen molar-refractivity contribution in [2.24, 2.45) is 0 Å². The van der Waals surface area contributed by atoms with Gasteiger partial charge in [0.15, 0.2) is 0 Å². The minimum absolute atomic E-state index is 0.420. The van der Waals surface area contributed by atoms with E-state index in [2.05, 4.69) is 30.1 Å². The summed E-state index contributed by atoms with van der Waals surface area (Å²) in [5.41, 5.74) is 2.46. The summed E-state index contributed by atoms with van der Waals surface area (Å²) in [5, 5.41) is 4.21. The average molecular weight is 311 g/mol. The fourth-order valence-corrected chi connectivity index (χ4v) is 3.07. The van der Waals surface area contributed by atoms with Crippen molar-refractivity contribution in [2.75, 3.05) is 39.3 Å². The van der Waals surface area contributed by atoms with E-state index in [4.69, 9.17) is 16.3 Å². The highest BCUT2D eigenvalue weighted by Crippen LogP contribution is 2.34. The van der Waals surface area contributed by atoms with Crippen LogP contribution in [-0.4, -0.2) is 44.2 Å². The fraction of sp³-hybridized carbons (Fsp3) is 0.647. The zero-order chi connectivity index (χ0) is 15.2. The van der Waals surface area contributed by atoms with Crippen LogP contribution in [0.2, 0.25) is 5.02 Å². The number of piperazine rings is 1. The highest BCUT2D eigenvalue weighted by Gasteiger charge is 2.16. The third-order valence-electron chi connectivity index (χ3n) is 3.98. The monoisotopic (exact) mass is 310 g/mol. The molecule has 0 atom stereocenters. The maximum Gasteiger partial charge on any atom is 0.126 e. The zero-order valence-corrected chi connectivity index (χ0v) is 14.2. The second kappa shape index (κ2) is 8.02. The molecular formula is C17H27ClN2O.